The lowest BCUT2D eigenvalue weighted by molar-refractivity contribution is -0.119. The topological polar surface area (TPSA) is 119 Å². The van der Waals surface area contributed by atoms with Gasteiger partial charge in [0.05, 0.1) is 16.2 Å². The number of amides is 3. The highest BCUT2D eigenvalue weighted by atomic mass is 35.5. The summed E-state index contributed by atoms with van der Waals surface area (Å²) in [5.74, 6) is -0.453. The summed E-state index contributed by atoms with van der Waals surface area (Å²) in [5.41, 5.74) is 2.12. The van der Waals surface area contributed by atoms with Crippen LogP contribution in [0.4, 0.5) is 20.7 Å². The second-order valence-corrected chi connectivity index (χ2v) is 11.7. The van der Waals surface area contributed by atoms with Crippen LogP contribution in [0.1, 0.15) is 48.9 Å². The summed E-state index contributed by atoms with van der Waals surface area (Å²) in [6, 6.07) is 10.5. The van der Waals surface area contributed by atoms with Gasteiger partial charge in [0, 0.05) is 37.2 Å². The number of anilines is 2. The van der Waals surface area contributed by atoms with E-state index in [4.69, 9.17) is 11.6 Å². The average molecular weight is 595 g/mol. The van der Waals surface area contributed by atoms with E-state index in [1.54, 1.807) is 30.5 Å². The van der Waals surface area contributed by atoms with Crippen molar-refractivity contribution in [1.29, 1.82) is 0 Å². The number of pyridine rings is 2. The molecule has 2 fully saturated rings. The van der Waals surface area contributed by atoms with E-state index in [1.165, 1.54) is 30.0 Å². The van der Waals surface area contributed by atoms with Crippen LogP contribution in [0.5, 0.6) is 0 Å². The van der Waals surface area contributed by atoms with Crippen molar-refractivity contribution in [2.24, 2.45) is 11.8 Å². The number of carbonyl (C=O) groups excluding carboxylic acids is 2. The highest BCUT2D eigenvalue weighted by Crippen LogP contribution is 2.42. The largest absolute Gasteiger partial charge is 0.396 e. The maximum atomic E-state index is 15.2. The molecule has 3 heterocycles. The van der Waals surface area contributed by atoms with Crippen LogP contribution in [0.3, 0.4) is 0 Å². The molecule has 222 valence electrons. The minimum atomic E-state index is -0.913. The first kappa shape index (κ1) is 29.9. The number of nitrogens with zero attached hydrogens (tertiary/aromatic N) is 3. The normalized spacial score (nSPS) is 19.8. The van der Waals surface area contributed by atoms with Gasteiger partial charge in [0.1, 0.15) is 17.7 Å². The Balaban J connectivity index is 1.40. The van der Waals surface area contributed by atoms with Crippen LogP contribution in [-0.2, 0) is 10.3 Å². The van der Waals surface area contributed by atoms with Gasteiger partial charge in [0.2, 0.25) is 5.91 Å². The van der Waals surface area contributed by atoms with Gasteiger partial charge in [-0.3, -0.25) is 15.1 Å². The van der Waals surface area contributed by atoms with E-state index < -0.39 is 29.3 Å². The van der Waals surface area contributed by atoms with Crippen molar-refractivity contribution in [1.82, 2.24) is 20.2 Å². The second kappa shape index (κ2) is 12.7. The zero-order valence-electron chi connectivity index (χ0n) is 23.7. The molecule has 2 aliphatic rings. The lowest BCUT2D eigenvalue weighted by Crippen LogP contribution is -2.45. The SMILES string of the molecule is CNC(CCC1CC1)(c1ccnc(C)c1)c1ccc(F)c(NC(=O)[C@H]2C[C@@H](CO)CN2C(=O)Nc2ccc(Cl)cn2)c1. The van der Waals surface area contributed by atoms with Gasteiger partial charge in [0.25, 0.3) is 0 Å². The minimum Gasteiger partial charge on any atom is -0.396 e. The summed E-state index contributed by atoms with van der Waals surface area (Å²) in [7, 11) is 1.89. The molecule has 3 atom stereocenters. The van der Waals surface area contributed by atoms with E-state index in [-0.39, 0.29) is 37.0 Å². The fourth-order valence-corrected chi connectivity index (χ4v) is 5.88. The molecule has 3 amide bonds. The van der Waals surface area contributed by atoms with Crippen molar-refractivity contribution >= 4 is 35.0 Å². The van der Waals surface area contributed by atoms with Crippen molar-refractivity contribution in [3.63, 3.8) is 0 Å². The summed E-state index contributed by atoms with van der Waals surface area (Å²) in [5, 5.41) is 19.1. The summed E-state index contributed by atoms with van der Waals surface area (Å²) >= 11 is 5.89. The van der Waals surface area contributed by atoms with E-state index >= 15 is 4.39 Å². The Bertz CT molecular complexity index is 1440. The van der Waals surface area contributed by atoms with Gasteiger partial charge in [0.15, 0.2) is 0 Å². The quantitative estimate of drug-likeness (QED) is 0.260. The van der Waals surface area contributed by atoms with Gasteiger partial charge in [-0.15, -0.1) is 0 Å². The number of nitrogens with one attached hydrogen (secondary N) is 3. The number of aryl methyl sites for hydroxylation is 1. The molecule has 1 unspecified atom stereocenters. The smallest absolute Gasteiger partial charge is 0.323 e. The molecule has 1 aromatic carbocycles. The summed E-state index contributed by atoms with van der Waals surface area (Å²) < 4.78 is 15.2. The second-order valence-electron chi connectivity index (χ2n) is 11.3. The van der Waals surface area contributed by atoms with E-state index in [2.05, 4.69) is 25.9 Å². The lowest BCUT2D eigenvalue weighted by Gasteiger charge is -2.36. The van der Waals surface area contributed by atoms with Crippen LogP contribution in [0.15, 0.2) is 54.9 Å². The number of hydrogen-bond donors (Lipinski definition) is 4. The number of rotatable bonds is 10. The van der Waals surface area contributed by atoms with Crippen LogP contribution >= 0.6 is 11.6 Å². The Labute approximate surface area is 249 Å². The molecule has 11 heteroatoms. The van der Waals surface area contributed by atoms with E-state index in [0.29, 0.717) is 10.9 Å². The van der Waals surface area contributed by atoms with Gasteiger partial charge in [-0.2, -0.15) is 0 Å². The third-order valence-corrected chi connectivity index (χ3v) is 8.55. The highest BCUT2D eigenvalue weighted by Gasteiger charge is 2.40. The first-order chi connectivity index (χ1) is 20.2. The summed E-state index contributed by atoms with van der Waals surface area (Å²) in [4.78, 5) is 36.5. The van der Waals surface area contributed by atoms with E-state index in [0.717, 1.165) is 29.7 Å². The lowest BCUT2D eigenvalue weighted by atomic mass is 9.78. The minimum absolute atomic E-state index is 0.0292. The fourth-order valence-electron chi connectivity index (χ4n) is 5.77. The predicted molar refractivity (Wildman–Crippen MR) is 160 cm³/mol. The number of benzene rings is 1. The molecule has 5 rings (SSSR count). The Morgan fingerprint density at radius 3 is 2.55 bits per heavy atom. The molecule has 1 aliphatic carbocycles. The van der Waals surface area contributed by atoms with Crippen LogP contribution in [0.2, 0.25) is 5.02 Å². The standard InChI is InChI=1S/C31H36ClFN6O3/c1-19-13-23(10-12-35-19)31(34-2,11-9-20-3-4-20)22-5-7-25(33)26(15-22)37-29(41)27-14-21(18-40)17-39(27)30(42)38-28-8-6-24(32)16-36-28/h5-8,10,12-13,15-16,20-21,27,34,40H,3-4,9,11,14,17-18H2,1-2H3,(H,37,41)(H,36,38,42)/t21-,27-,31?/m1/s1. The molecular formula is C31H36ClFN6O3. The third-order valence-electron chi connectivity index (χ3n) is 8.33. The number of carbonyl (C=O) groups is 2. The summed E-state index contributed by atoms with van der Waals surface area (Å²) in [6.07, 6.45) is 7.66. The zero-order chi connectivity index (χ0) is 29.9. The molecule has 0 radical (unpaired) electrons. The Morgan fingerprint density at radius 1 is 1.10 bits per heavy atom. The molecule has 2 aromatic heterocycles. The van der Waals surface area contributed by atoms with Gasteiger partial charge in [-0.05, 0) is 86.7 Å². The molecule has 9 nitrogen and oxygen atoms in total. The third kappa shape index (κ3) is 6.56. The van der Waals surface area contributed by atoms with Gasteiger partial charge in [-0.1, -0.05) is 30.5 Å². The molecule has 0 bridgehead atoms. The number of likely N-dealkylation sites (tertiary alicyclic amines) is 1. The Morgan fingerprint density at radius 2 is 1.88 bits per heavy atom. The monoisotopic (exact) mass is 594 g/mol. The van der Waals surface area contributed by atoms with Gasteiger partial charge >= 0.3 is 6.03 Å². The molecule has 42 heavy (non-hydrogen) atoms. The number of aliphatic hydroxyl groups excluding tert-OH is 1. The van der Waals surface area contributed by atoms with E-state index in [1.807, 2.05) is 26.1 Å². The van der Waals surface area contributed by atoms with Crippen LogP contribution in [-0.4, -0.2) is 58.2 Å². The molecule has 3 aromatic rings. The number of hydrogen-bond acceptors (Lipinski definition) is 6. The molecule has 1 saturated heterocycles. The van der Waals surface area contributed by atoms with Crippen LogP contribution < -0.4 is 16.0 Å². The van der Waals surface area contributed by atoms with Crippen molar-refractivity contribution in [3.8, 4) is 0 Å². The average Bonchev–Trinajstić information content (AvgIpc) is 3.71. The van der Waals surface area contributed by atoms with Gasteiger partial charge < -0.3 is 20.6 Å². The predicted octanol–water partition coefficient (Wildman–Crippen LogP) is 5.08. The number of urea groups is 1. The van der Waals surface area contributed by atoms with Crippen molar-refractivity contribution in [3.05, 3.63) is 82.5 Å². The molecule has 0 spiro atoms. The summed E-state index contributed by atoms with van der Waals surface area (Å²) in [6.45, 7) is 1.92. The van der Waals surface area contributed by atoms with Crippen molar-refractivity contribution in [2.75, 3.05) is 30.8 Å². The van der Waals surface area contributed by atoms with Crippen LogP contribution in [0, 0.1) is 24.6 Å². The first-order valence-electron chi connectivity index (χ1n) is 14.3. The number of aliphatic hydroxyl groups is 1. The Hall–Kier alpha value is -3.60. The first-order valence-corrected chi connectivity index (χ1v) is 14.6. The number of aromatic nitrogens is 2. The highest BCUT2D eigenvalue weighted by molar-refractivity contribution is 6.30. The maximum absolute atomic E-state index is 15.2. The molecule has 1 saturated carbocycles. The maximum Gasteiger partial charge on any atom is 0.323 e. The molecule has 1 aliphatic heterocycles. The molecular weight excluding hydrogens is 559 g/mol. The molecule has 4 N–H and O–H groups in total. The number of halogens is 2. The fraction of sp³-hybridized carbons (Fsp3) is 0.419. The Kier molecular flexibility index (Phi) is 9.05. The zero-order valence-corrected chi connectivity index (χ0v) is 24.5. The van der Waals surface area contributed by atoms with E-state index in [9.17, 15) is 14.7 Å². The van der Waals surface area contributed by atoms with Crippen molar-refractivity contribution in [2.45, 2.75) is 50.6 Å². The van der Waals surface area contributed by atoms with Gasteiger partial charge in [-0.25, -0.2) is 14.2 Å². The van der Waals surface area contributed by atoms with Crippen LogP contribution in [0.25, 0.3) is 0 Å². The van der Waals surface area contributed by atoms with Crippen molar-refractivity contribution < 1.29 is 19.1 Å².